The molecule has 0 saturated heterocycles. The van der Waals surface area contributed by atoms with Gasteiger partial charge in [0.1, 0.15) is 0 Å². The Hall–Kier alpha value is -0.160. The average Bonchev–Trinajstić information content (AvgIpc) is 2.27. The lowest BCUT2D eigenvalue weighted by molar-refractivity contribution is 0.0647. The molecule has 0 aromatic heterocycles. The van der Waals surface area contributed by atoms with Crippen LogP contribution >= 0.6 is 0 Å². The van der Waals surface area contributed by atoms with Crippen molar-refractivity contribution in [3.05, 3.63) is 0 Å². The lowest BCUT2D eigenvalue weighted by atomic mass is 9.96. The van der Waals surface area contributed by atoms with Crippen molar-refractivity contribution < 1.29 is 9.47 Å². The van der Waals surface area contributed by atoms with Gasteiger partial charge in [-0.1, -0.05) is 26.7 Å². The van der Waals surface area contributed by atoms with Crippen LogP contribution in [0, 0.1) is 5.92 Å². The Morgan fingerprint density at radius 1 is 1.19 bits per heavy atom. The topological polar surface area (TPSA) is 56.5 Å². The zero-order valence-corrected chi connectivity index (χ0v) is 11.0. The molecule has 0 amide bonds. The molecule has 0 radical (unpaired) electrons. The van der Waals surface area contributed by atoms with Gasteiger partial charge in [-0.25, -0.2) is 0 Å². The number of methoxy groups -OCH3 is 1. The molecule has 0 aromatic carbocycles. The zero-order valence-electron chi connectivity index (χ0n) is 11.0. The second-order valence-electron chi connectivity index (χ2n) is 4.39. The first kappa shape index (κ1) is 15.8. The molecule has 4 heteroatoms. The van der Waals surface area contributed by atoms with Crippen LogP contribution in [0.25, 0.3) is 0 Å². The van der Waals surface area contributed by atoms with Gasteiger partial charge >= 0.3 is 0 Å². The fourth-order valence-corrected chi connectivity index (χ4v) is 1.84. The maximum Gasteiger partial charge on any atom is 0.0700 e. The minimum atomic E-state index is 0.365. The molecule has 0 spiro atoms. The van der Waals surface area contributed by atoms with E-state index in [1.165, 1.54) is 12.8 Å². The Balaban J connectivity index is 3.50. The lowest BCUT2D eigenvalue weighted by Crippen LogP contribution is -2.37. The van der Waals surface area contributed by atoms with Crippen molar-refractivity contribution in [3.8, 4) is 0 Å². The molecule has 2 unspecified atom stereocenters. The number of ether oxygens (including phenoxy) is 2. The van der Waals surface area contributed by atoms with Crippen molar-refractivity contribution in [1.29, 1.82) is 0 Å². The fourth-order valence-electron chi connectivity index (χ4n) is 1.84. The van der Waals surface area contributed by atoms with Gasteiger partial charge in [-0.05, 0) is 18.8 Å². The van der Waals surface area contributed by atoms with Crippen molar-refractivity contribution >= 4 is 0 Å². The van der Waals surface area contributed by atoms with Crippen LogP contribution in [0.15, 0.2) is 0 Å². The lowest BCUT2D eigenvalue weighted by Gasteiger charge is -2.19. The second kappa shape index (κ2) is 11.3. The van der Waals surface area contributed by atoms with Crippen LogP contribution in [0.4, 0.5) is 0 Å². The van der Waals surface area contributed by atoms with E-state index in [2.05, 4.69) is 19.3 Å². The summed E-state index contributed by atoms with van der Waals surface area (Å²) in [5, 5.41) is 0. The molecular weight excluding hydrogens is 204 g/mol. The number of hydrogen-bond acceptors (Lipinski definition) is 4. The third-order valence-electron chi connectivity index (χ3n) is 2.75. The summed E-state index contributed by atoms with van der Waals surface area (Å²) in [6.07, 6.45) is 4.59. The normalized spacial score (nSPS) is 15.0. The van der Waals surface area contributed by atoms with Gasteiger partial charge in [-0.15, -0.1) is 0 Å². The molecule has 16 heavy (non-hydrogen) atoms. The quantitative estimate of drug-likeness (QED) is 0.323. The minimum absolute atomic E-state index is 0.365. The van der Waals surface area contributed by atoms with Crippen LogP contribution in [-0.2, 0) is 9.47 Å². The molecule has 0 fully saturated rings. The maximum absolute atomic E-state index is 5.53. The van der Waals surface area contributed by atoms with Crippen LogP contribution in [0.2, 0.25) is 0 Å². The predicted octanol–water partition coefficient (Wildman–Crippen LogP) is 1.70. The molecule has 0 heterocycles. The Bertz CT molecular complexity index is 145. The first-order valence-corrected chi connectivity index (χ1v) is 6.27. The van der Waals surface area contributed by atoms with Gasteiger partial charge in [0.25, 0.3) is 0 Å². The van der Waals surface area contributed by atoms with Gasteiger partial charge in [0.15, 0.2) is 0 Å². The van der Waals surface area contributed by atoms with Crippen LogP contribution in [0.5, 0.6) is 0 Å². The standard InChI is InChI=1S/C12H28N2O2/c1-4-5-11(2)10-12(14-13)6-7-16-9-8-15-3/h11-12,14H,4-10,13H2,1-3H3. The van der Waals surface area contributed by atoms with Crippen molar-refractivity contribution in [2.24, 2.45) is 11.8 Å². The van der Waals surface area contributed by atoms with Crippen molar-refractivity contribution in [3.63, 3.8) is 0 Å². The molecule has 98 valence electrons. The van der Waals surface area contributed by atoms with E-state index in [9.17, 15) is 0 Å². The van der Waals surface area contributed by atoms with E-state index < -0.39 is 0 Å². The third kappa shape index (κ3) is 9.09. The van der Waals surface area contributed by atoms with Crippen LogP contribution in [-0.4, -0.2) is 33.0 Å². The van der Waals surface area contributed by atoms with E-state index in [1.54, 1.807) is 7.11 Å². The molecule has 0 rings (SSSR count). The maximum atomic E-state index is 5.53. The Morgan fingerprint density at radius 3 is 2.50 bits per heavy atom. The number of hydrazine groups is 1. The summed E-state index contributed by atoms with van der Waals surface area (Å²) in [4.78, 5) is 0. The van der Waals surface area contributed by atoms with Gasteiger partial charge in [-0.3, -0.25) is 11.3 Å². The van der Waals surface area contributed by atoms with Crippen LogP contribution in [0.3, 0.4) is 0 Å². The predicted molar refractivity (Wildman–Crippen MR) is 67.1 cm³/mol. The van der Waals surface area contributed by atoms with Gasteiger partial charge in [0, 0.05) is 19.8 Å². The summed E-state index contributed by atoms with van der Waals surface area (Å²) in [5.41, 5.74) is 2.87. The SMILES string of the molecule is CCCC(C)CC(CCOCCOC)NN. The Labute approximate surface area is 99.8 Å². The summed E-state index contributed by atoms with van der Waals surface area (Å²) >= 11 is 0. The van der Waals surface area contributed by atoms with Crippen LogP contribution in [0.1, 0.15) is 39.5 Å². The first-order chi connectivity index (χ1) is 7.74. The van der Waals surface area contributed by atoms with Crippen molar-refractivity contribution in [2.75, 3.05) is 26.9 Å². The molecule has 0 aliphatic heterocycles. The summed E-state index contributed by atoms with van der Waals surface area (Å²) in [6.45, 7) is 6.57. The van der Waals surface area contributed by atoms with E-state index in [-0.39, 0.29) is 0 Å². The fraction of sp³-hybridized carbons (Fsp3) is 1.00. The van der Waals surface area contributed by atoms with E-state index in [0.717, 1.165) is 25.4 Å². The smallest absolute Gasteiger partial charge is 0.0700 e. The molecule has 3 N–H and O–H groups in total. The number of nitrogens with one attached hydrogen (secondary N) is 1. The summed E-state index contributed by atoms with van der Waals surface area (Å²) in [7, 11) is 1.68. The molecule has 0 aliphatic rings. The highest BCUT2D eigenvalue weighted by atomic mass is 16.5. The minimum Gasteiger partial charge on any atom is -0.382 e. The number of nitrogens with two attached hydrogens (primary N) is 1. The first-order valence-electron chi connectivity index (χ1n) is 6.27. The molecule has 0 saturated carbocycles. The van der Waals surface area contributed by atoms with Gasteiger partial charge in [0.2, 0.25) is 0 Å². The molecular formula is C12H28N2O2. The molecule has 0 aliphatic carbocycles. The van der Waals surface area contributed by atoms with Crippen molar-refractivity contribution in [2.45, 2.75) is 45.6 Å². The molecule has 2 atom stereocenters. The highest BCUT2D eigenvalue weighted by Crippen LogP contribution is 2.13. The molecule has 4 nitrogen and oxygen atoms in total. The largest absolute Gasteiger partial charge is 0.382 e. The van der Waals surface area contributed by atoms with Gasteiger partial charge in [0.05, 0.1) is 13.2 Å². The summed E-state index contributed by atoms with van der Waals surface area (Å²) < 4.78 is 10.3. The van der Waals surface area contributed by atoms with Crippen LogP contribution < -0.4 is 11.3 Å². The van der Waals surface area contributed by atoms with E-state index >= 15 is 0 Å². The van der Waals surface area contributed by atoms with Gasteiger partial charge in [-0.2, -0.15) is 0 Å². The molecule has 0 bridgehead atoms. The van der Waals surface area contributed by atoms with Gasteiger partial charge < -0.3 is 9.47 Å². The Morgan fingerprint density at radius 2 is 1.94 bits per heavy atom. The Kier molecular flexibility index (Phi) is 11.2. The zero-order chi connectivity index (χ0) is 12.2. The third-order valence-corrected chi connectivity index (χ3v) is 2.75. The van der Waals surface area contributed by atoms with E-state index in [4.69, 9.17) is 15.3 Å². The monoisotopic (exact) mass is 232 g/mol. The number of rotatable bonds is 11. The van der Waals surface area contributed by atoms with E-state index in [0.29, 0.717) is 19.3 Å². The second-order valence-corrected chi connectivity index (χ2v) is 4.39. The summed E-state index contributed by atoms with van der Waals surface area (Å²) in [5.74, 6) is 6.25. The van der Waals surface area contributed by atoms with Crippen molar-refractivity contribution in [1.82, 2.24) is 5.43 Å². The average molecular weight is 232 g/mol. The number of hydrogen-bond donors (Lipinski definition) is 2. The molecule has 0 aromatic rings. The van der Waals surface area contributed by atoms with E-state index in [1.807, 2.05) is 0 Å². The highest BCUT2D eigenvalue weighted by Gasteiger charge is 2.11. The highest BCUT2D eigenvalue weighted by molar-refractivity contribution is 4.67. The summed E-state index contributed by atoms with van der Waals surface area (Å²) in [6, 6.07) is 0.365.